The second-order valence-corrected chi connectivity index (χ2v) is 5.08. The number of hydrogen-bond acceptors (Lipinski definition) is 2. The van der Waals surface area contributed by atoms with Gasteiger partial charge < -0.3 is 5.32 Å². The summed E-state index contributed by atoms with van der Waals surface area (Å²) in [5.41, 5.74) is 0. The Morgan fingerprint density at radius 2 is 2.31 bits per heavy atom. The van der Waals surface area contributed by atoms with E-state index in [2.05, 4.69) is 25.2 Å². The van der Waals surface area contributed by atoms with E-state index in [1.165, 1.54) is 17.7 Å². The Morgan fingerprint density at radius 1 is 1.54 bits per heavy atom. The van der Waals surface area contributed by atoms with Gasteiger partial charge in [-0.3, -0.25) is 0 Å². The molecule has 0 saturated carbocycles. The molecule has 1 aromatic rings. The van der Waals surface area contributed by atoms with Crippen LogP contribution in [0.1, 0.15) is 31.6 Å². The van der Waals surface area contributed by atoms with E-state index in [1.807, 2.05) is 6.07 Å². The molecule has 0 aliphatic rings. The van der Waals surface area contributed by atoms with E-state index >= 15 is 0 Å². The molecule has 0 radical (unpaired) electrons. The number of thiophene rings is 1. The number of rotatable bonds is 5. The normalized spacial score (nSPS) is 13.2. The van der Waals surface area contributed by atoms with Crippen LogP contribution in [-0.2, 0) is 6.54 Å². The zero-order chi connectivity index (χ0) is 9.68. The Labute approximate surface area is 89.1 Å². The topological polar surface area (TPSA) is 12.0 Å². The summed E-state index contributed by atoms with van der Waals surface area (Å²) in [5, 5.41) is 3.46. The summed E-state index contributed by atoms with van der Waals surface area (Å²) in [7, 11) is 0. The molecule has 0 saturated heterocycles. The SMILES string of the molecule is CCCC(C)NCc1ccc(Cl)s1. The smallest absolute Gasteiger partial charge is 0.0931 e. The minimum Gasteiger partial charge on any atom is -0.309 e. The first kappa shape index (κ1) is 11.0. The van der Waals surface area contributed by atoms with Crippen LogP contribution in [0, 0.1) is 0 Å². The Balaban J connectivity index is 2.26. The van der Waals surface area contributed by atoms with Gasteiger partial charge in [-0.25, -0.2) is 0 Å². The molecule has 0 amide bonds. The molecular weight excluding hydrogens is 202 g/mol. The fraction of sp³-hybridized carbons (Fsp3) is 0.600. The maximum atomic E-state index is 5.83. The standard InChI is InChI=1S/C10H16ClNS/c1-3-4-8(2)12-7-9-5-6-10(11)13-9/h5-6,8,12H,3-4,7H2,1-2H3. The van der Waals surface area contributed by atoms with Gasteiger partial charge in [0.1, 0.15) is 0 Å². The summed E-state index contributed by atoms with van der Waals surface area (Å²) in [6.07, 6.45) is 2.47. The molecule has 1 N–H and O–H groups in total. The van der Waals surface area contributed by atoms with Crippen molar-refractivity contribution in [2.75, 3.05) is 0 Å². The highest BCUT2D eigenvalue weighted by molar-refractivity contribution is 7.16. The molecule has 0 aliphatic carbocycles. The van der Waals surface area contributed by atoms with Crippen molar-refractivity contribution in [3.8, 4) is 0 Å². The third-order valence-corrected chi connectivity index (χ3v) is 3.21. The first-order chi connectivity index (χ1) is 6.22. The number of nitrogens with one attached hydrogen (secondary N) is 1. The summed E-state index contributed by atoms with van der Waals surface area (Å²) in [5.74, 6) is 0. The molecule has 1 rings (SSSR count). The summed E-state index contributed by atoms with van der Waals surface area (Å²) >= 11 is 7.48. The second-order valence-electron chi connectivity index (χ2n) is 3.28. The minimum atomic E-state index is 0.603. The molecule has 1 unspecified atom stereocenters. The Bertz CT molecular complexity index is 247. The van der Waals surface area contributed by atoms with Gasteiger partial charge in [0.15, 0.2) is 0 Å². The largest absolute Gasteiger partial charge is 0.309 e. The van der Waals surface area contributed by atoms with Crippen LogP contribution in [0.2, 0.25) is 4.34 Å². The van der Waals surface area contributed by atoms with E-state index < -0.39 is 0 Å². The first-order valence-electron chi connectivity index (χ1n) is 4.70. The van der Waals surface area contributed by atoms with Gasteiger partial charge >= 0.3 is 0 Å². The van der Waals surface area contributed by atoms with Gasteiger partial charge in [-0.05, 0) is 25.5 Å². The van der Waals surface area contributed by atoms with Crippen LogP contribution >= 0.6 is 22.9 Å². The van der Waals surface area contributed by atoms with Crippen LogP contribution in [0.25, 0.3) is 0 Å². The number of hydrogen-bond donors (Lipinski definition) is 1. The summed E-state index contributed by atoms with van der Waals surface area (Å²) in [4.78, 5) is 1.31. The van der Waals surface area contributed by atoms with Gasteiger partial charge in [0, 0.05) is 17.5 Å². The molecule has 0 spiro atoms. The van der Waals surface area contributed by atoms with Crippen LogP contribution < -0.4 is 5.32 Å². The van der Waals surface area contributed by atoms with Crippen LogP contribution in [0.3, 0.4) is 0 Å². The molecule has 74 valence electrons. The highest BCUT2D eigenvalue weighted by atomic mass is 35.5. The van der Waals surface area contributed by atoms with Crippen molar-refractivity contribution in [2.24, 2.45) is 0 Å². The second kappa shape index (κ2) is 5.63. The predicted molar refractivity (Wildman–Crippen MR) is 60.5 cm³/mol. The van der Waals surface area contributed by atoms with Gasteiger partial charge in [-0.1, -0.05) is 24.9 Å². The molecule has 0 aliphatic heterocycles. The molecule has 0 aromatic carbocycles. The zero-order valence-electron chi connectivity index (χ0n) is 8.14. The highest BCUT2D eigenvalue weighted by Crippen LogP contribution is 2.21. The molecule has 0 bridgehead atoms. The van der Waals surface area contributed by atoms with Gasteiger partial charge in [0.05, 0.1) is 4.34 Å². The van der Waals surface area contributed by atoms with Gasteiger partial charge in [-0.15, -0.1) is 11.3 Å². The summed E-state index contributed by atoms with van der Waals surface area (Å²) in [6, 6.07) is 4.64. The van der Waals surface area contributed by atoms with Crippen LogP contribution in [0.15, 0.2) is 12.1 Å². The van der Waals surface area contributed by atoms with Crippen molar-refractivity contribution in [1.29, 1.82) is 0 Å². The quantitative estimate of drug-likeness (QED) is 0.794. The monoisotopic (exact) mass is 217 g/mol. The van der Waals surface area contributed by atoms with E-state index in [-0.39, 0.29) is 0 Å². The molecule has 1 atom stereocenters. The van der Waals surface area contributed by atoms with Crippen LogP contribution in [0.4, 0.5) is 0 Å². The molecule has 0 fully saturated rings. The van der Waals surface area contributed by atoms with Gasteiger partial charge in [0.2, 0.25) is 0 Å². The number of halogens is 1. The lowest BCUT2D eigenvalue weighted by molar-refractivity contribution is 0.511. The van der Waals surface area contributed by atoms with Crippen molar-refractivity contribution in [2.45, 2.75) is 39.3 Å². The molecule has 13 heavy (non-hydrogen) atoms. The average molecular weight is 218 g/mol. The van der Waals surface area contributed by atoms with E-state index in [1.54, 1.807) is 11.3 Å². The zero-order valence-corrected chi connectivity index (χ0v) is 9.71. The first-order valence-corrected chi connectivity index (χ1v) is 5.89. The van der Waals surface area contributed by atoms with Crippen LogP contribution in [-0.4, -0.2) is 6.04 Å². The Hall–Kier alpha value is -0.0500. The third-order valence-electron chi connectivity index (χ3n) is 1.98. The van der Waals surface area contributed by atoms with Crippen LogP contribution in [0.5, 0.6) is 0 Å². The lowest BCUT2D eigenvalue weighted by Crippen LogP contribution is -2.24. The van der Waals surface area contributed by atoms with E-state index in [4.69, 9.17) is 11.6 Å². The molecule has 1 nitrogen and oxygen atoms in total. The van der Waals surface area contributed by atoms with Crippen molar-refractivity contribution >= 4 is 22.9 Å². The van der Waals surface area contributed by atoms with Gasteiger partial charge in [0.25, 0.3) is 0 Å². The van der Waals surface area contributed by atoms with E-state index in [9.17, 15) is 0 Å². The summed E-state index contributed by atoms with van der Waals surface area (Å²) in [6.45, 7) is 5.37. The maximum absolute atomic E-state index is 5.83. The average Bonchev–Trinajstić information content (AvgIpc) is 2.49. The molecule has 1 aromatic heterocycles. The summed E-state index contributed by atoms with van der Waals surface area (Å²) < 4.78 is 0.875. The van der Waals surface area contributed by atoms with Crippen molar-refractivity contribution in [1.82, 2.24) is 5.32 Å². The fourth-order valence-electron chi connectivity index (χ4n) is 1.26. The molecule has 3 heteroatoms. The van der Waals surface area contributed by atoms with E-state index in [0.29, 0.717) is 6.04 Å². The Morgan fingerprint density at radius 3 is 2.85 bits per heavy atom. The third kappa shape index (κ3) is 4.12. The van der Waals surface area contributed by atoms with Gasteiger partial charge in [-0.2, -0.15) is 0 Å². The van der Waals surface area contributed by atoms with Crippen molar-refractivity contribution < 1.29 is 0 Å². The van der Waals surface area contributed by atoms with E-state index in [0.717, 1.165) is 10.9 Å². The molecule has 1 heterocycles. The minimum absolute atomic E-state index is 0.603. The highest BCUT2D eigenvalue weighted by Gasteiger charge is 2.01. The van der Waals surface area contributed by atoms with Crippen molar-refractivity contribution in [3.05, 3.63) is 21.3 Å². The Kier molecular flexibility index (Phi) is 4.78. The molecular formula is C10H16ClNS. The predicted octanol–water partition coefficient (Wildman–Crippen LogP) is 3.68. The lowest BCUT2D eigenvalue weighted by atomic mass is 10.2. The van der Waals surface area contributed by atoms with Crippen molar-refractivity contribution in [3.63, 3.8) is 0 Å². The fourth-order valence-corrected chi connectivity index (χ4v) is 2.30. The maximum Gasteiger partial charge on any atom is 0.0931 e. The lowest BCUT2D eigenvalue weighted by Gasteiger charge is -2.10.